The van der Waals surface area contributed by atoms with Gasteiger partial charge in [-0.1, -0.05) is 24.4 Å². The van der Waals surface area contributed by atoms with Gasteiger partial charge in [-0.2, -0.15) is 0 Å². The number of rotatable bonds is 2. The van der Waals surface area contributed by atoms with Crippen LogP contribution in [0.15, 0.2) is 18.3 Å². The van der Waals surface area contributed by atoms with Crippen molar-refractivity contribution in [2.45, 2.75) is 37.8 Å². The molecule has 2 aromatic rings. The number of halogens is 1. The molecular weight excluding hydrogens is 278 g/mol. The number of aliphatic hydroxyl groups excluding tert-OH is 1. The highest BCUT2D eigenvalue weighted by molar-refractivity contribution is 6.29. The quantitative estimate of drug-likeness (QED) is 0.743. The van der Waals surface area contributed by atoms with Gasteiger partial charge in [0.05, 0.1) is 23.2 Å². The highest BCUT2D eigenvalue weighted by atomic mass is 35.5. The van der Waals surface area contributed by atoms with Gasteiger partial charge in [-0.3, -0.25) is 4.79 Å². The predicted octanol–water partition coefficient (Wildman–Crippen LogP) is 2.25. The molecule has 0 aliphatic heterocycles. The summed E-state index contributed by atoms with van der Waals surface area (Å²) >= 11 is 5.87. The molecule has 0 radical (unpaired) electrons. The molecule has 1 aliphatic carbocycles. The van der Waals surface area contributed by atoms with Gasteiger partial charge in [0.25, 0.3) is 5.91 Å². The Morgan fingerprint density at radius 1 is 1.40 bits per heavy atom. The van der Waals surface area contributed by atoms with Crippen molar-refractivity contribution >= 4 is 28.5 Å². The van der Waals surface area contributed by atoms with Crippen molar-refractivity contribution in [3.63, 3.8) is 0 Å². The Hall–Kier alpha value is -1.59. The van der Waals surface area contributed by atoms with Crippen molar-refractivity contribution in [3.05, 3.63) is 29.0 Å². The number of aliphatic hydroxyl groups is 1. The Balaban J connectivity index is 1.83. The number of hydrogen-bond acceptors (Lipinski definition) is 3. The summed E-state index contributed by atoms with van der Waals surface area (Å²) in [5.74, 6) is -0.225. The number of nitrogens with one attached hydrogen (secondary N) is 2. The lowest BCUT2D eigenvalue weighted by molar-refractivity contribution is 0.0718. The van der Waals surface area contributed by atoms with E-state index in [0.717, 1.165) is 31.2 Å². The first-order valence-corrected chi connectivity index (χ1v) is 7.15. The number of carbonyl (C=O) groups excluding carboxylic acids is 1. The summed E-state index contributed by atoms with van der Waals surface area (Å²) in [6.45, 7) is 0. The standard InChI is InChI=1S/C14H16ClN3O2/c15-12-6-5-10-13(18-12)8(7-16-10)14(20)17-9-3-1-2-4-11(9)19/h5-7,9,11,16,19H,1-4H2,(H,17,20)/t9-,11-/m0/s1. The molecule has 0 unspecified atom stereocenters. The minimum atomic E-state index is -0.463. The molecule has 1 aliphatic rings. The second-order valence-corrected chi connectivity index (χ2v) is 5.55. The van der Waals surface area contributed by atoms with E-state index in [1.165, 1.54) is 0 Å². The predicted molar refractivity (Wildman–Crippen MR) is 76.8 cm³/mol. The van der Waals surface area contributed by atoms with E-state index in [1.54, 1.807) is 18.3 Å². The number of amides is 1. The minimum absolute atomic E-state index is 0.180. The lowest BCUT2D eigenvalue weighted by Gasteiger charge is -2.28. The average Bonchev–Trinajstić information content (AvgIpc) is 2.84. The number of aromatic nitrogens is 2. The van der Waals surface area contributed by atoms with E-state index in [9.17, 15) is 9.90 Å². The molecule has 1 fully saturated rings. The average molecular weight is 294 g/mol. The fraction of sp³-hybridized carbons (Fsp3) is 0.429. The van der Waals surface area contributed by atoms with Crippen LogP contribution in [0.2, 0.25) is 5.15 Å². The van der Waals surface area contributed by atoms with Gasteiger partial charge >= 0.3 is 0 Å². The topological polar surface area (TPSA) is 78.0 Å². The lowest BCUT2D eigenvalue weighted by atomic mass is 9.92. The number of aromatic amines is 1. The molecule has 1 amide bonds. The lowest BCUT2D eigenvalue weighted by Crippen LogP contribution is -2.45. The summed E-state index contributed by atoms with van der Waals surface area (Å²) in [5, 5.41) is 13.2. The number of nitrogens with zero attached hydrogens (tertiary/aromatic N) is 1. The molecule has 2 atom stereocenters. The molecular formula is C14H16ClN3O2. The molecule has 2 heterocycles. The van der Waals surface area contributed by atoms with Crippen molar-refractivity contribution in [1.29, 1.82) is 0 Å². The van der Waals surface area contributed by atoms with Crippen LogP contribution in [0.5, 0.6) is 0 Å². The van der Waals surface area contributed by atoms with Crippen molar-refractivity contribution in [1.82, 2.24) is 15.3 Å². The van der Waals surface area contributed by atoms with Gasteiger partial charge in [-0.15, -0.1) is 0 Å². The van der Waals surface area contributed by atoms with E-state index < -0.39 is 6.10 Å². The minimum Gasteiger partial charge on any atom is -0.391 e. The van der Waals surface area contributed by atoms with Crippen LogP contribution in [0, 0.1) is 0 Å². The third kappa shape index (κ3) is 2.51. The zero-order valence-corrected chi connectivity index (χ0v) is 11.7. The molecule has 0 bridgehead atoms. The highest BCUT2D eigenvalue weighted by Crippen LogP contribution is 2.21. The maximum absolute atomic E-state index is 12.3. The monoisotopic (exact) mass is 293 g/mol. The van der Waals surface area contributed by atoms with Crippen LogP contribution in [-0.4, -0.2) is 33.1 Å². The summed E-state index contributed by atoms with van der Waals surface area (Å²) in [7, 11) is 0. The molecule has 0 saturated heterocycles. The SMILES string of the molecule is O=C(N[C@H]1CCCC[C@@H]1O)c1c[nH]c2ccc(Cl)nc12. The number of pyridine rings is 1. The molecule has 6 heteroatoms. The highest BCUT2D eigenvalue weighted by Gasteiger charge is 2.25. The summed E-state index contributed by atoms with van der Waals surface area (Å²) in [5.41, 5.74) is 1.78. The zero-order chi connectivity index (χ0) is 14.1. The van der Waals surface area contributed by atoms with Crippen LogP contribution in [0.25, 0.3) is 11.0 Å². The van der Waals surface area contributed by atoms with E-state index in [2.05, 4.69) is 15.3 Å². The first-order chi connectivity index (χ1) is 9.65. The van der Waals surface area contributed by atoms with Gasteiger partial charge in [-0.25, -0.2) is 4.98 Å². The zero-order valence-electron chi connectivity index (χ0n) is 10.9. The number of fused-ring (bicyclic) bond motifs is 1. The van der Waals surface area contributed by atoms with Gasteiger partial charge in [-0.05, 0) is 25.0 Å². The maximum Gasteiger partial charge on any atom is 0.255 e. The smallest absolute Gasteiger partial charge is 0.255 e. The van der Waals surface area contributed by atoms with Crippen molar-refractivity contribution in [2.75, 3.05) is 0 Å². The van der Waals surface area contributed by atoms with Crippen LogP contribution in [0.3, 0.4) is 0 Å². The number of carbonyl (C=O) groups is 1. The van der Waals surface area contributed by atoms with E-state index in [4.69, 9.17) is 11.6 Å². The molecule has 106 valence electrons. The first kappa shape index (κ1) is 13.4. The Labute approximate surface area is 121 Å². The van der Waals surface area contributed by atoms with E-state index >= 15 is 0 Å². The Bertz CT molecular complexity index is 640. The maximum atomic E-state index is 12.3. The fourth-order valence-corrected chi connectivity index (χ4v) is 2.82. The van der Waals surface area contributed by atoms with Crippen LogP contribution in [0.4, 0.5) is 0 Å². The van der Waals surface area contributed by atoms with E-state index in [-0.39, 0.29) is 11.9 Å². The summed E-state index contributed by atoms with van der Waals surface area (Å²) in [6.07, 6.45) is 4.75. The normalized spacial score (nSPS) is 22.9. The number of H-pyrrole nitrogens is 1. The Morgan fingerprint density at radius 2 is 2.20 bits per heavy atom. The first-order valence-electron chi connectivity index (χ1n) is 6.78. The molecule has 1 saturated carbocycles. The molecule has 0 spiro atoms. The van der Waals surface area contributed by atoms with E-state index in [1.807, 2.05) is 0 Å². The second-order valence-electron chi connectivity index (χ2n) is 5.16. The van der Waals surface area contributed by atoms with Gasteiger partial charge < -0.3 is 15.4 Å². The van der Waals surface area contributed by atoms with E-state index in [0.29, 0.717) is 16.2 Å². The van der Waals surface area contributed by atoms with Crippen LogP contribution in [0.1, 0.15) is 36.0 Å². The van der Waals surface area contributed by atoms with Crippen LogP contribution in [-0.2, 0) is 0 Å². The summed E-state index contributed by atoms with van der Waals surface area (Å²) < 4.78 is 0. The second kappa shape index (κ2) is 5.42. The molecule has 2 aromatic heterocycles. The van der Waals surface area contributed by atoms with Crippen molar-refractivity contribution < 1.29 is 9.90 Å². The Morgan fingerprint density at radius 3 is 3.00 bits per heavy atom. The third-order valence-electron chi connectivity index (χ3n) is 3.78. The van der Waals surface area contributed by atoms with Gasteiger partial charge in [0, 0.05) is 6.20 Å². The molecule has 20 heavy (non-hydrogen) atoms. The van der Waals surface area contributed by atoms with Gasteiger partial charge in [0.1, 0.15) is 10.7 Å². The van der Waals surface area contributed by atoms with Crippen molar-refractivity contribution in [2.24, 2.45) is 0 Å². The fourth-order valence-electron chi connectivity index (χ4n) is 2.67. The third-order valence-corrected chi connectivity index (χ3v) is 3.99. The molecule has 0 aromatic carbocycles. The van der Waals surface area contributed by atoms with Gasteiger partial charge in [0.2, 0.25) is 0 Å². The van der Waals surface area contributed by atoms with Crippen LogP contribution >= 0.6 is 11.6 Å². The van der Waals surface area contributed by atoms with Crippen LogP contribution < -0.4 is 5.32 Å². The molecule has 5 nitrogen and oxygen atoms in total. The largest absolute Gasteiger partial charge is 0.391 e. The molecule has 3 N–H and O–H groups in total. The van der Waals surface area contributed by atoms with Gasteiger partial charge in [0.15, 0.2) is 0 Å². The van der Waals surface area contributed by atoms with Crippen molar-refractivity contribution in [3.8, 4) is 0 Å². The summed E-state index contributed by atoms with van der Waals surface area (Å²) in [6, 6.07) is 3.28. The number of hydrogen-bond donors (Lipinski definition) is 3. The summed E-state index contributed by atoms with van der Waals surface area (Å²) in [4.78, 5) is 19.5. The molecule has 3 rings (SSSR count). The Kier molecular flexibility index (Phi) is 3.63.